The zero-order valence-electron chi connectivity index (χ0n) is 7.55. The molecule has 0 spiro atoms. The van der Waals surface area contributed by atoms with Gasteiger partial charge in [-0.3, -0.25) is 0 Å². The lowest BCUT2D eigenvalue weighted by Crippen LogP contribution is -1.86. The molecule has 0 aromatic carbocycles. The maximum Gasteiger partial charge on any atom is 0.188 e. The summed E-state index contributed by atoms with van der Waals surface area (Å²) in [7, 11) is 0. The highest BCUT2D eigenvalue weighted by Gasteiger charge is 2.26. The molecule has 2 heterocycles. The second-order valence-electron chi connectivity index (χ2n) is 3.42. The van der Waals surface area contributed by atoms with Crippen LogP contribution in [0.4, 0.5) is 0 Å². The van der Waals surface area contributed by atoms with E-state index in [-0.39, 0.29) is 0 Å². The Morgan fingerprint density at radius 1 is 1.21 bits per heavy atom. The zero-order chi connectivity index (χ0) is 9.38. The first-order valence-corrected chi connectivity index (χ1v) is 5.54. The highest BCUT2D eigenvalue weighted by molar-refractivity contribution is 7.13. The van der Waals surface area contributed by atoms with Gasteiger partial charge in [0.25, 0.3) is 0 Å². The summed E-state index contributed by atoms with van der Waals surface area (Å²) in [5, 5.41) is 3.07. The zero-order valence-corrected chi connectivity index (χ0v) is 8.37. The summed E-state index contributed by atoms with van der Waals surface area (Å²) in [4.78, 5) is 12.9. The van der Waals surface area contributed by atoms with E-state index < -0.39 is 0 Å². The predicted octanol–water partition coefficient (Wildman–Crippen LogP) is 2.48. The SMILES string of the molecule is c1cnc(-c2nc(C3CC3)cs2)nc1. The summed E-state index contributed by atoms with van der Waals surface area (Å²) in [5.41, 5.74) is 1.22. The summed E-state index contributed by atoms with van der Waals surface area (Å²) in [6.07, 6.45) is 6.08. The Kier molecular flexibility index (Phi) is 1.80. The van der Waals surface area contributed by atoms with E-state index in [4.69, 9.17) is 0 Å². The van der Waals surface area contributed by atoms with Gasteiger partial charge in [-0.25, -0.2) is 15.0 Å². The van der Waals surface area contributed by atoms with Gasteiger partial charge in [-0.2, -0.15) is 0 Å². The van der Waals surface area contributed by atoms with Crippen LogP contribution in [0.2, 0.25) is 0 Å². The second-order valence-corrected chi connectivity index (χ2v) is 4.28. The van der Waals surface area contributed by atoms with Gasteiger partial charge in [0.2, 0.25) is 0 Å². The number of rotatable bonds is 2. The van der Waals surface area contributed by atoms with Crippen molar-refractivity contribution < 1.29 is 0 Å². The van der Waals surface area contributed by atoms with Gasteiger partial charge < -0.3 is 0 Å². The third kappa shape index (κ3) is 1.42. The molecule has 3 rings (SSSR count). The quantitative estimate of drug-likeness (QED) is 0.752. The molecule has 0 aliphatic heterocycles. The van der Waals surface area contributed by atoms with Gasteiger partial charge in [-0.15, -0.1) is 11.3 Å². The van der Waals surface area contributed by atoms with Crippen LogP contribution in [0.15, 0.2) is 23.8 Å². The molecule has 70 valence electrons. The van der Waals surface area contributed by atoms with E-state index in [0.717, 1.165) is 10.8 Å². The summed E-state index contributed by atoms with van der Waals surface area (Å²) in [5.74, 6) is 1.45. The number of hydrogen-bond acceptors (Lipinski definition) is 4. The number of hydrogen-bond donors (Lipinski definition) is 0. The van der Waals surface area contributed by atoms with Crippen LogP contribution in [0.3, 0.4) is 0 Å². The third-order valence-corrected chi connectivity index (χ3v) is 3.13. The van der Waals surface area contributed by atoms with Crippen LogP contribution in [0.1, 0.15) is 24.5 Å². The van der Waals surface area contributed by atoms with Gasteiger partial charge in [-0.05, 0) is 18.9 Å². The van der Waals surface area contributed by atoms with Crippen molar-refractivity contribution in [1.82, 2.24) is 15.0 Å². The average molecular weight is 203 g/mol. The van der Waals surface area contributed by atoms with E-state index in [1.807, 2.05) is 6.07 Å². The predicted molar refractivity (Wildman–Crippen MR) is 55.1 cm³/mol. The van der Waals surface area contributed by atoms with Crippen LogP contribution in [0.5, 0.6) is 0 Å². The molecule has 0 N–H and O–H groups in total. The normalized spacial score (nSPS) is 15.7. The molecule has 2 aromatic heterocycles. The van der Waals surface area contributed by atoms with Crippen molar-refractivity contribution in [3.8, 4) is 10.8 Å². The molecule has 2 aromatic rings. The topological polar surface area (TPSA) is 38.7 Å². The van der Waals surface area contributed by atoms with Crippen LogP contribution >= 0.6 is 11.3 Å². The maximum absolute atomic E-state index is 4.54. The van der Waals surface area contributed by atoms with Gasteiger partial charge in [0, 0.05) is 23.7 Å². The molecule has 1 saturated carbocycles. The van der Waals surface area contributed by atoms with E-state index >= 15 is 0 Å². The van der Waals surface area contributed by atoms with E-state index in [2.05, 4.69) is 20.3 Å². The molecule has 1 aliphatic rings. The van der Waals surface area contributed by atoms with Crippen LogP contribution in [0.25, 0.3) is 10.8 Å². The Morgan fingerprint density at radius 2 is 2.00 bits per heavy atom. The first-order chi connectivity index (χ1) is 6.93. The monoisotopic (exact) mass is 203 g/mol. The van der Waals surface area contributed by atoms with Crippen molar-refractivity contribution in [3.63, 3.8) is 0 Å². The van der Waals surface area contributed by atoms with Crippen molar-refractivity contribution in [3.05, 3.63) is 29.5 Å². The van der Waals surface area contributed by atoms with E-state index in [1.165, 1.54) is 18.5 Å². The molecule has 0 amide bonds. The molecule has 3 nitrogen and oxygen atoms in total. The summed E-state index contributed by atoms with van der Waals surface area (Å²) >= 11 is 1.63. The number of thiazole rings is 1. The van der Waals surface area contributed by atoms with Crippen molar-refractivity contribution in [2.24, 2.45) is 0 Å². The van der Waals surface area contributed by atoms with E-state index in [1.54, 1.807) is 23.7 Å². The van der Waals surface area contributed by atoms with Crippen molar-refractivity contribution in [2.45, 2.75) is 18.8 Å². The average Bonchev–Trinajstić information content (AvgIpc) is 2.98. The molecular formula is C10H9N3S. The third-order valence-electron chi connectivity index (χ3n) is 2.27. The Morgan fingerprint density at radius 3 is 2.71 bits per heavy atom. The Balaban J connectivity index is 1.96. The van der Waals surface area contributed by atoms with Crippen molar-refractivity contribution in [2.75, 3.05) is 0 Å². The molecule has 1 fully saturated rings. The summed E-state index contributed by atoms with van der Waals surface area (Å²) < 4.78 is 0. The standard InChI is InChI=1S/C10H9N3S/c1-4-11-9(12-5-1)10-13-8(6-14-10)7-2-3-7/h1,4-7H,2-3H2. The van der Waals surface area contributed by atoms with E-state index in [0.29, 0.717) is 5.92 Å². The van der Waals surface area contributed by atoms with Crippen LogP contribution in [-0.2, 0) is 0 Å². The first-order valence-electron chi connectivity index (χ1n) is 4.66. The molecule has 4 heteroatoms. The van der Waals surface area contributed by atoms with Crippen molar-refractivity contribution in [1.29, 1.82) is 0 Å². The molecule has 14 heavy (non-hydrogen) atoms. The first kappa shape index (κ1) is 8.05. The minimum Gasteiger partial charge on any atom is -0.237 e. The van der Waals surface area contributed by atoms with Gasteiger partial charge in [0.1, 0.15) is 0 Å². The lowest BCUT2D eigenvalue weighted by Gasteiger charge is -1.91. The van der Waals surface area contributed by atoms with Crippen LogP contribution in [0, 0.1) is 0 Å². The number of aromatic nitrogens is 3. The fourth-order valence-electron chi connectivity index (χ4n) is 1.36. The van der Waals surface area contributed by atoms with Crippen LogP contribution < -0.4 is 0 Å². The molecule has 0 unspecified atom stereocenters. The molecular weight excluding hydrogens is 194 g/mol. The molecule has 1 aliphatic carbocycles. The van der Waals surface area contributed by atoms with Gasteiger partial charge in [0.15, 0.2) is 10.8 Å². The summed E-state index contributed by atoms with van der Waals surface area (Å²) in [6, 6.07) is 1.82. The lowest BCUT2D eigenvalue weighted by atomic mass is 10.3. The fraction of sp³-hybridized carbons (Fsp3) is 0.300. The Hall–Kier alpha value is -1.29. The van der Waals surface area contributed by atoms with Gasteiger partial charge in [-0.1, -0.05) is 0 Å². The van der Waals surface area contributed by atoms with E-state index in [9.17, 15) is 0 Å². The largest absolute Gasteiger partial charge is 0.237 e. The Labute approximate surface area is 85.9 Å². The smallest absolute Gasteiger partial charge is 0.188 e. The lowest BCUT2D eigenvalue weighted by molar-refractivity contribution is 1.04. The highest BCUT2D eigenvalue weighted by Crippen LogP contribution is 2.41. The van der Waals surface area contributed by atoms with Crippen LogP contribution in [-0.4, -0.2) is 15.0 Å². The van der Waals surface area contributed by atoms with Gasteiger partial charge in [0.05, 0.1) is 5.69 Å². The van der Waals surface area contributed by atoms with Gasteiger partial charge >= 0.3 is 0 Å². The molecule has 0 saturated heterocycles. The molecule has 0 bridgehead atoms. The minimum absolute atomic E-state index is 0.712. The fourth-order valence-corrected chi connectivity index (χ4v) is 2.21. The number of nitrogens with zero attached hydrogens (tertiary/aromatic N) is 3. The maximum atomic E-state index is 4.54. The Bertz CT molecular complexity index is 434. The second kappa shape index (κ2) is 3.13. The van der Waals surface area contributed by atoms with Crippen molar-refractivity contribution >= 4 is 11.3 Å². The molecule has 0 radical (unpaired) electrons. The minimum atomic E-state index is 0.712. The highest BCUT2D eigenvalue weighted by atomic mass is 32.1. The summed E-state index contributed by atoms with van der Waals surface area (Å²) in [6.45, 7) is 0. The molecule has 0 atom stereocenters.